The predicted molar refractivity (Wildman–Crippen MR) is 98.7 cm³/mol. The van der Waals surface area contributed by atoms with Crippen LogP contribution in [0.1, 0.15) is 27.2 Å². The van der Waals surface area contributed by atoms with E-state index in [4.69, 9.17) is 0 Å². The van der Waals surface area contributed by atoms with Crippen LogP contribution in [-0.4, -0.2) is 27.9 Å². The Balaban J connectivity index is 1.72. The number of halogens is 3. The van der Waals surface area contributed by atoms with Crippen molar-refractivity contribution in [1.82, 2.24) is 20.3 Å². The molecule has 1 aromatic carbocycles. The van der Waals surface area contributed by atoms with E-state index >= 15 is 0 Å². The summed E-state index contributed by atoms with van der Waals surface area (Å²) >= 11 is 0. The lowest BCUT2D eigenvalue weighted by Gasteiger charge is -2.09. The van der Waals surface area contributed by atoms with E-state index in [-0.39, 0.29) is 12.2 Å². The molecule has 6 nitrogen and oxygen atoms in total. The summed E-state index contributed by atoms with van der Waals surface area (Å²) in [6.07, 6.45) is -1.10. The Kier molecular flexibility index (Phi) is 5.34. The third-order valence-electron chi connectivity index (χ3n) is 4.10. The lowest BCUT2D eigenvalue weighted by atomic mass is 10.1. The average Bonchev–Trinajstić information content (AvgIpc) is 3.16. The number of aromatic amines is 1. The van der Waals surface area contributed by atoms with Gasteiger partial charge in [-0.25, -0.2) is 9.97 Å². The van der Waals surface area contributed by atoms with Crippen molar-refractivity contribution in [2.24, 2.45) is 0 Å². The van der Waals surface area contributed by atoms with Gasteiger partial charge in [0.25, 0.3) is 5.91 Å². The van der Waals surface area contributed by atoms with E-state index in [1.165, 1.54) is 12.1 Å². The summed E-state index contributed by atoms with van der Waals surface area (Å²) in [7, 11) is 1.71. The number of nitrogens with zero attached hydrogens (tertiary/aromatic N) is 2. The molecule has 3 aromatic rings. The van der Waals surface area contributed by atoms with E-state index in [1.807, 2.05) is 6.92 Å². The first-order chi connectivity index (χ1) is 13.3. The molecule has 2 heterocycles. The second-order valence-corrected chi connectivity index (χ2v) is 6.16. The van der Waals surface area contributed by atoms with Gasteiger partial charge in [0.2, 0.25) is 5.95 Å². The summed E-state index contributed by atoms with van der Waals surface area (Å²) in [4.78, 5) is 23.7. The van der Waals surface area contributed by atoms with Crippen LogP contribution in [0.3, 0.4) is 0 Å². The van der Waals surface area contributed by atoms with E-state index in [0.29, 0.717) is 22.8 Å². The van der Waals surface area contributed by atoms with Crippen LogP contribution in [0.5, 0.6) is 0 Å². The molecule has 28 heavy (non-hydrogen) atoms. The number of carbonyl (C=O) groups excluding carboxylic acids is 1. The van der Waals surface area contributed by atoms with Crippen molar-refractivity contribution in [1.29, 1.82) is 0 Å². The molecule has 0 aliphatic carbocycles. The number of aromatic nitrogens is 3. The highest BCUT2D eigenvalue weighted by atomic mass is 19.4. The number of hydrogen-bond donors (Lipinski definition) is 3. The normalized spacial score (nSPS) is 11.3. The lowest BCUT2D eigenvalue weighted by Crippen LogP contribution is -2.23. The molecule has 0 spiro atoms. The zero-order valence-corrected chi connectivity index (χ0v) is 15.2. The molecule has 0 unspecified atom stereocenters. The zero-order valence-electron chi connectivity index (χ0n) is 15.2. The third-order valence-corrected chi connectivity index (χ3v) is 4.10. The number of aryl methyl sites for hydroxylation is 1. The van der Waals surface area contributed by atoms with E-state index in [0.717, 1.165) is 17.7 Å². The van der Waals surface area contributed by atoms with Gasteiger partial charge >= 0.3 is 6.18 Å². The lowest BCUT2D eigenvalue weighted by molar-refractivity contribution is -0.137. The fourth-order valence-corrected chi connectivity index (χ4v) is 2.65. The minimum absolute atomic E-state index is 0.0203. The second kappa shape index (κ2) is 7.71. The van der Waals surface area contributed by atoms with Crippen molar-refractivity contribution in [3.8, 4) is 11.3 Å². The molecule has 146 valence electrons. The zero-order chi connectivity index (χ0) is 20.3. The van der Waals surface area contributed by atoms with Crippen LogP contribution in [0.2, 0.25) is 0 Å². The van der Waals surface area contributed by atoms with E-state index in [9.17, 15) is 18.0 Å². The van der Waals surface area contributed by atoms with Gasteiger partial charge in [-0.3, -0.25) is 4.79 Å². The second-order valence-electron chi connectivity index (χ2n) is 6.16. The van der Waals surface area contributed by atoms with Crippen molar-refractivity contribution < 1.29 is 18.0 Å². The highest BCUT2D eigenvalue weighted by Gasteiger charge is 2.30. The van der Waals surface area contributed by atoms with E-state index < -0.39 is 17.6 Å². The molecule has 0 radical (unpaired) electrons. The highest BCUT2D eigenvalue weighted by Crippen LogP contribution is 2.29. The number of anilines is 1. The van der Waals surface area contributed by atoms with Crippen LogP contribution in [0.4, 0.5) is 19.1 Å². The van der Waals surface area contributed by atoms with Gasteiger partial charge in [0.15, 0.2) is 0 Å². The molecular weight excluding hydrogens is 371 g/mol. The first kappa shape index (κ1) is 19.4. The Hall–Kier alpha value is -3.36. The van der Waals surface area contributed by atoms with Gasteiger partial charge in [-0.2, -0.15) is 13.2 Å². The maximum Gasteiger partial charge on any atom is 0.416 e. The van der Waals surface area contributed by atoms with Crippen molar-refractivity contribution in [3.63, 3.8) is 0 Å². The molecule has 0 bridgehead atoms. The van der Waals surface area contributed by atoms with Gasteiger partial charge < -0.3 is 15.6 Å². The van der Waals surface area contributed by atoms with Crippen LogP contribution < -0.4 is 10.6 Å². The first-order valence-corrected chi connectivity index (χ1v) is 8.42. The summed E-state index contributed by atoms with van der Waals surface area (Å²) in [6, 6.07) is 6.49. The number of carbonyl (C=O) groups is 1. The topological polar surface area (TPSA) is 82.7 Å². The monoisotopic (exact) mass is 389 g/mol. The molecule has 0 atom stereocenters. The number of nitrogens with one attached hydrogen (secondary N) is 3. The van der Waals surface area contributed by atoms with E-state index in [2.05, 4.69) is 25.6 Å². The molecule has 1 amide bonds. The summed E-state index contributed by atoms with van der Waals surface area (Å²) in [5.41, 5.74) is 2.12. The number of amides is 1. The van der Waals surface area contributed by atoms with Crippen LogP contribution in [0, 0.1) is 6.92 Å². The quantitative estimate of drug-likeness (QED) is 0.620. The molecule has 0 saturated heterocycles. The van der Waals surface area contributed by atoms with Crippen molar-refractivity contribution in [2.75, 3.05) is 12.4 Å². The van der Waals surface area contributed by atoms with Gasteiger partial charge in [0.1, 0.15) is 5.69 Å². The summed E-state index contributed by atoms with van der Waals surface area (Å²) in [5.74, 6) is 0.0292. The number of H-pyrrole nitrogens is 1. The predicted octanol–water partition coefficient (Wildman–Crippen LogP) is 3.77. The largest absolute Gasteiger partial charge is 0.416 e. The van der Waals surface area contributed by atoms with Crippen molar-refractivity contribution in [3.05, 3.63) is 65.1 Å². The Labute approximate surface area is 159 Å². The van der Waals surface area contributed by atoms with Crippen molar-refractivity contribution in [2.45, 2.75) is 19.6 Å². The van der Waals surface area contributed by atoms with Gasteiger partial charge in [-0.05, 0) is 36.2 Å². The Morgan fingerprint density at radius 2 is 2.04 bits per heavy atom. The molecule has 0 aliphatic heterocycles. The number of alkyl halides is 3. The molecule has 0 fully saturated rings. The third kappa shape index (κ3) is 4.30. The van der Waals surface area contributed by atoms with Gasteiger partial charge in [-0.1, -0.05) is 12.1 Å². The van der Waals surface area contributed by atoms with Gasteiger partial charge in [-0.15, -0.1) is 0 Å². The van der Waals surface area contributed by atoms with E-state index in [1.54, 1.807) is 25.5 Å². The molecule has 0 aliphatic rings. The smallest absolute Gasteiger partial charge is 0.357 e. The maximum atomic E-state index is 12.8. The molecule has 3 rings (SSSR count). The van der Waals surface area contributed by atoms with Gasteiger partial charge in [0.05, 0.1) is 11.3 Å². The SMILES string of the molecule is CNc1ncc(C)c(-c2c[nH]c(C(=O)NCc3cccc(C(F)(F)F)c3)c2)n1. The molecule has 2 aromatic heterocycles. The van der Waals surface area contributed by atoms with Crippen LogP contribution in [0.15, 0.2) is 42.7 Å². The summed E-state index contributed by atoms with van der Waals surface area (Å²) in [6.45, 7) is 1.84. The molecular formula is C19H18F3N5O. The van der Waals surface area contributed by atoms with Crippen molar-refractivity contribution >= 4 is 11.9 Å². The van der Waals surface area contributed by atoms with Crippen LogP contribution >= 0.6 is 0 Å². The fraction of sp³-hybridized carbons (Fsp3) is 0.211. The Bertz CT molecular complexity index is 997. The number of hydrogen-bond acceptors (Lipinski definition) is 4. The van der Waals surface area contributed by atoms with Crippen LogP contribution in [0.25, 0.3) is 11.3 Å². The standard InChI is InChI=1S/C19H18F3N5O/c1-11-8-26-18(23-2)27-16(11)13-7-15(24-10-13)17(28)25-9-12-4-3-5-14(6-12)19(20,21)22/h3-8,10,24H,9H2,1-2H3,(H,25,28)(H,23,26,27). The molecule has 9 heteroatoms. The maximum absolute atomic E-state index is 12.8. The van der Waals surface area contributed by atoms with Crippen LogP contribution in [-0.2, 0) is 12.7 Å². The first-order valence-electron chi connectivity index (χ1n) is 8.42. The Morgan fingerprint density at radius 3 is 2.75 bits per heavy atom. The highest BCUT2D eigenvalue weighted by molar-refractivity contribution is 5.93. The summed E-state index contributed by atoms with van der Waals surface area (Å²) < 4.78 is 38.3. The minimum Gasteiger partial charge on any atom is -0.357 e. The molecule has 0 saturated carbocycles. The van der Waals surface area contributed by atoms with Gasteiger partial charge in [0, 0.05) is 31.5 Å². The number of benzene rings is 1. The summed E-state index contributed by atoms with van der Waals surface area (Å²) in [5, 5.41) is 5.47. The Morgan fingerprint density at radius 1 is 1.25 bits per heavy atom. The minimum atomic E-state index is -4.42. The molecule has 3 N–H and O–H groups in total. The number of rotatable bonds is 5. The fourth-order valence-electron chi connectivity index (χ4n) is 2.65. The average molecular weight is 389 g/mol.